The Balaban J connectivity index is 2.59. The highest BCUT2D eigenvalue weighted by Crippen LogP contribution is 2.14. The second-order valence-corrected chi connectivity index (χ2v) is 4.74. The molecule has 0 aromatic heterocycles. The third kappa shape index (κ3) is 4.61. The van der Waals surface area contributed by atoms with Gasteiger partial charge in [0.1, 0.15) is 5.82 Å². The SMILES string of the molecule is CCC(C)C(NCC(O)c1ccc(F)cc1)C(N)=O. The van der Waals surface area contributed by atoms with Gasteiger partial charge in [0.2, 0.25) is 5.91 Å². The lowest BCUT2D eigenvalue weighted by atomic mass is 9.98. The van der Waals surface area contributed by atoms with Gasteiger partial charge in [-0.1, -0.05) is 32.4 Å². The van der Waals surface area contributed by atoms with Crippen LogP contribution in [0.5, 0.6) is 0 Å². The van der Waals surface area contributed by atoms with Crippen LogP contribution in [-0.4, -0.2) is 23.6 Å². The smallest absolute Gasteiger partial charge is 0.234 e. The van der Waals surface area contributed by atoms with Crippen LogP contribution < -0.4 is 11.1 Å². The molecule has 0 aliphatic rings. The molecule has 0 radical (unpaired) electrons. The Hall–Kier alpha value is -1.46. The summed E-state index contributed by atoms with van der Waals surface area (Å²) in [6.45, 7) is 4.09. The van der Waals surface area contributed by atoms with Gasteiger partial charge in [0.05, 0.1) is 12.1 Å². The van der Waals surface area contributed by atoms with Gasteiger partial charge in [0.15, 0.2) is 0 Å². The number of aliphatic hydroxyl groups is 1. The van der Waals surface area contributed by atoms with Crippen LogP contribution in [0.4, 0.5) is 4.39 Å². The molecule has 1 amide bonds. The zero-order chi connectivity index (χ0) is 14.4. The van der Waals surface area contributed by atoms with Crippen LogP contribution in [-0.2, 0) is 4.79 Å². The van der Waals surface area contributed by atoms with Crippen molar-refractivity contribution >= 4 is 5.91 Å². The third-order valence-electron chi connectivity index (χ3n) is 3.31. The van der Waals surface area contributed by atoms with E-state index in [1.807, 2.05) is 13.8 Å². The molecule has 5 heteroatoms. The van der Waals surface area contributed by atoms with Crippen LogP contribution in [0.2, 0.25) is 0 Å². The van der Waals surface area contributed by atoms with Crippen LogP contribution in [0.25, 0.3) is 0 Å². The second-order valence-electron chi connectivity index (χ2n) is 4.74. The summed E-state index contributed by atoms with van der Waals surface area (Å²) < 4.78 is 12.8. The van der Waals surface area contributed by atoms with Crippen molar-refractivity contribution < 1.29 is 14.3 Å². The number of nitrogens with one attached hydrogen (secondary N) is 1. The van der Waals surface area contributed by atoms with Gasteiger partial charge < -0.3 is 16.2 Å². The molecule has 4 N–H and O–H groups in total. The van der Waals surface area contributed by atoms with Crippen LogP contribution in [0, 0.1) is 11.7 Å². The number of rotatable bonds is 7. The van der Waals surface area contributed by atoms with Gasteiger partial charge in [-0.15, -0.1) is 0 Å². The van der Waals surface area contributed by atoms with Gasteiger partial charge in [0, 0.05) is 6.54 Å². The third-order valence-corrected chi connectivity index (χ3v) is 3.31. The number of halogens is 1. The van der Waals surface area contributed by atoms with Crippen molar-refractivity contribution in [3.05, 3.63) is 35.6 Å². The summed E-state index contributed by atoms with van der Waals surface area (Å²) in [5, 5.41) is 12.9. The Kier molecular flexibility index (Phi) is 5.92. The van der Waals surface area contributed by atoms with E-state index in [9.17, 15) is 14.3 Å². The van der Waals surface area contributed by atoms with Gasteiger partial charge in [-0.2, -0.15) is 0 Å². The van der Waals surface area contributed by atoms with Crippen molar-refractivity contribution in [3.8, 4) is 0 Å². The van der Waals surface area contributed by atoms with Gasteiger partial charge in [-0.25, -0.2) is 4.39 Å². The van der Waals surface area contributed by atoms with Gasteiger partial charge in [-0.05, 0) is 23.6 Å². The van der Waals surface area contributed by atoms with E-state index in [4.69, 9.17) is 5.73 Å². The van der Waals surface area contributed by atoms with Crippen LogP contribution >= 0.6 is 0 Å². The first-order chi connectivity index (χ1) is 8.95. The molecule has 4 nitrogen and oxygen atoms in total. The average Bonchev–Trinajstić information content (AvgIpc) is 2.38. The Morgan fingerprint density at radius 1 is 1.42 bits per heavy atom. The van der Waals surface area contributed by atoms with Crippen molar-refractivity contribution in [2.24, 2.45) is 11.7 Å². The van der Waals surface area contributed by atoms with Crippen LogP contribution in [0.3, 0.4) is 0 Å². The number of benzene rings is 1. The van der Waals surface area contributed by atoms with E-state index in [-0.39, 0.29) is 18.3 Å². The fourth-order valence-electron chi connectivity index (χ4n) is 1.86. The molecule has 3 unspecified atom stereocenters. The molecule has 19 heavy (non-hydrogen) atoms. The highest BCUT2D eigenvalue weighted by molar-refractivity contribution is 5.80. The number of nitrogens with two attached hydrogens (primary N) is 1. The maximum absolute atomic E-state index is 12.8. The first-order valence-electron chi connectivity index (χ1n) is 6.42. The number of amides is 1. The standard InChI is InChI=1S/C14H21FN2O2/c1-3-9(2)13(14(16)19)17-8-12(18)10-4-6-11(15)7-5-10/h4-7,9,12-13,17-18H,3,8H2,1-2H3,(H2,16,19). The van der Waals surface area contributed by atoms with Crippen molar-refractivity contribution in [1.82, 2.24) is 5.32 Å². The summed E-state index contributed by atoms with van der Waals surface area (Å²) in [6, 6.07) is 5.14. The number of aliphatic hydroxyl groups excluding tert-OH is 1. The number of carbonyl (C=O) groups is 1. The Labute approximate surface area is 112 Å². The summed E-state index contributed by atoms with van der Waals surface area (Å²) in [7, 11) is 0. The highest BCUT2D eigenvalue weighted by Gasteiger charge is 2.22. The number of carbonyl (C=O) groups excluding carboxylic acids is 1. The largest absolute Gasteiger partial charge is 0.387 e. The Morgan fingerprint density at radius 2 is 2.00 bits per heavy atom. The molecule has 0 fully saturated rings. The molecule has 0 saturated heterocycles. The molecular weight excluding hydrogens is 247 g/mol. The minimum absolute atomic E-state index is 0.0953. The van der Waals surface area contributed by atoms with Crippen molar-refractivity contribution in [2.45, 2.75) is 32.4 Å². The van der Waals surface area contributed by atoms with Crippen LogP contribution in [0.15, 0.2) is 24.3 Å². The van der Waals surface area contributed by atoms with E-state index in [1.54, 1.807) is 0 Å². The molecule has 1 aromatic carbocycles. The summed E-state index contributed by atoms with van der Waals surface area (Å²) in [5.74, 6) is -0.683. The summed E-state index contributed by atoms with van der Waals surface area (Å²) >= 11 is 0. The molecule has 0 saturated carbocycles. The predicted molar refractivity (Wildman–Crippen MR) is 71.8 cm³/mol. The van der Waals surface area contributed by atoms with Crippen molar-refractivity contribution in [2.75, 3.05) is 6.54 Å². The fourth-order valence-corrected chi connectivity index (χ4v) is 1.86. The molecule has 0 aliphatic heterocycles. The lowest BCUT2D eigenvalue weighted by Crippen LogP contribution is -2.47. The van der Waals surface area contributed by atoms with E-state index in [1.165, 1.54) is 24.3 Å². The maximum Gasteiger partial charge on any atom is 0.234 e. The fraction of sp³-hybridized carbons (Fsp3) is 0.500. The number of hydrogen-bond acceptors (Lipinski definition) is 3. The maximum atomic E-state index is 12.8. The van der Waals surface area contributed by atoms with Gasteiger partial charge >= 0.3 is 0 Å². The molecule has 0 bridgehead atoms. The number of primary amides is 1. The zero-order valence-corrected chi connectivity index (χ0v) is 11.3. The topological polar surface area (TPSA) is 75.3 Å². The quantitative estimate of drug-likeness (QED) is 0.698. The lowest BCUT2D eigenvalue weighted by Gasteiger charge is -2.23. The Morgan fingerprint density at radius 3 is 2.47 bits per heavy atom. The van der Waals surface area contributed by atoms with Gasteiger partial charge in [-0.3, -0.25) is 4.79 Å². The number of hydrogen-bond donors (Lipinski definition) is 3. The molecule has 0 heterocycles. The minimum atomic E-state index is -0.800. The summed E-state index contributed by atoms with van der Waals surface area (Å²) in [5.41, 5.74) is 5.92. The van der Waals surface area contributed by atoms with E-state index < -0.39 is 18.1 Å². The highest BCUT2D eigenvalue weighted by atomic mass is 19.1. The summed E-state index contributed by atoms with van der Waals surface area (Å²) in [6.07, 6.45) is 0.0132. The molecule has 1 rings (SSSR count). The van der Waals surface area contributed by atoms with Crippen LogP contribution in [0.1, 0.15) is 31.9 Å². The molecule has 0 aliphatic carbocycles. The van der Waals surface area contributed by atoms with E-state index in [0.29, 0.717) is 5.56 Å². The lowest BCUT2D eigenvalue weighted by molar-refractivity contribution is -0.121. The first-order valence-corrected chi connectivity index (χ1v) is 6.42. The van der Waals surface area contributed by atoms with E-state index in [0.717, 1.165) is 6.42 Å². The first kappa shape index (κ1) is 15.6. The second kappa shape index (κ2) is 7.21. The monoisotopic (exact) mass is 268 g/mol. The molecular formula is C14H21FN2O2. The molecule has 106 valence electrons. The average molecular weight is 268 g/mol. The van der Waals surface area contributed by atoms with Crippen molar-refractivity contribution in [3.63, 3.8) is 0 Å². The normalized spacial score (nSPS) is 15.8. The minimum Gasteiger partial charge on any atom is -0.387 e. The van der Waals surface area contributed by atoms with E-state index in [2.05, 4.69) is 5.32 Å². The van der Waals surface area contributed by atoms with Gasteiger partial charge in [0.25, 0.3) is 0 Å². The zero-order valence-electron chi connectivity index (χ0n) is 11.3. The van der Waals surface area contributed by atoms with Crippen molar-refractivity contribution in [1.29, 1.82) is 0 Å². The predicted octanol–water partition coefficient (Wildman–Crippen LogP) is 1.35. The molecule has 0 spiro atoms. The molecule has 3 atom stereocenters. The van der Waals surface area contributed by atoms with E-state index >= 15 is 0 Å². The summed E-state index contributed by atoms with van der Waals surface area (Å²) in [4.78, 5) is 11.3. The molecule has 1 aromatic rings. The Bertz CT molecular complexity index is 408.